The third-order valence-electron chi connectivity index (χ3n) is 2.82. The molecule has 1 saturated carbocycles. The first-order valence-electron chi connectivity index (χ1n) is 5.69. The van der Waals surface area contributed by atoms with Crippen LogP contribution in [0.4, 0.5) is 4.39 Å². The number of ether oxygens (including phenoxy) is 2. The molecule has 1 aromatic carbocycles. The number of carbonyl (C=O) groups excluding carboxylic acids is 1. The van der Waals surface area contributed by atoms with Crippen molar-refractivity contribution >= 4 is 5.78 Å². The summed E-state index contributed by atoms with van der Waals surface area (Å²) >= 11 is 0. The zero-order valence-electron chi connectivity index (χ0n) is 9.90. The van der Waals surface area contributed by atoms with Crippen molar-refractivity contribution in [1.82, 2.24) is 0 Å². The number of carbonyl (C=O) groups is 1. The van der Waals surface area contributed by atoms with E-state index in [1.807, 2.05) is 6.92 Å². The zero-order chi connectivity index (χ0) is 12.4. The van der Waals surface area contributed by atoms with E-state index in [0.29, 0.717) is 18.8 Å². The van der Waals surface area contributed by atoms with E-state index < -0.39 is 6.10 Å². The van der Waals surface area contributed by atoms with Gasteiger partial charge in [-0.1, -0.05) is 0 Å². The van der Waals surface area contributed by atoms with Crippen molar-refractivity contribution < 1.29 is 18.7 Å². The van der Waals surface area contributed by atoms with Gasteiger partial charge in [-0.15, -0.1) is 0 Å². The van der Waals surface area contributed by atoms with E-state index in [0.717, 1.165) is 5.56 Å². The summed E-state index contributed by atoms with van der Waals surface area (Å²) in [5, 5.41) is 0. The molecule has 1 aromatic rings. The fourth-order valence-corrected chi connectivity index (χ4v) is 1.86. The maximum atomic E-state index is 12.9. The highest BCUT2D eigenvalue weighted by Gasteiger charge is 2.42. The molecule has 1 fully saturated rings. The Labute approximate surface area is 99.5 Å². The summed E-state index contributed by atoms with van der Waals surface area (Å²) in [7, 11) is 0. The maximum Gasteiger partial charge on any atom is 0.169 e. The molecule has 0 radical (unpaired) electrons. The van der Waals surface area contributed by atoms with Crippen LogP contribution >= 0.6 is 0 Å². The Kier molecular flexibility index (Phi) is 3.43. The number of aryl methyl sites for hydroxylation is 1. The molecule has 2 rings (SSSR count). The Bertz CT molecular complexity index is 431. The van der Waals surface area contributed by atoms with Crippen LogP contribution in [-0.4, -0.2) is 24.6 Å². The number of hydrogen-bond acceptors (Lipinski definition) is 3. The van der Waals surface area contributed by atoms with Crippen molar-refractivity contribution in [1.29, 1.82) is 0 Å². The highest BCUT2D eigenvalue weighted by atomic mass is 19.1. The van der Waals surface area contributed by atoms with Crippen LogP contribution in [0, 0.1) is 12.7 Å². The Hall–Kier alpha value is -1.42. The Morgan fingerprint density at radius 1 is 1.47 bits per heavy atom. The fourth-order valence-electron chi connectivity index (χ4n) is 1.86. The standard InChI is InChI=1S/C13H15FO3/c1-3-16-13-10(15)7-12(13)17-11-5-4-9(14)6-8(11)2/h4-6,12-13H,3,7H2,1-2H3. The van der Waals surface area contributed by atoms with E-state index in [1.54, 1.807) is 13.0 Å². The molecule has 1 aliphatic carbocycles. The van der Waals surface area contributed by atoms with Gasteiger partial charge < -0.3 is 9.47 Å². The normalized spacial score (nSPS) is 23.4. The molecule has 0 aliphatic heterocycles. The van der Waals surface area contributed by atoms with Crippen LogP contribution in [-0.2, 0) is 9.53 Å². The van der Waals surface area contributed by atoms with E-state index in [2.05, 4.69) is 0 Å². The van der Waals surface area contributed by atoms with Gasteiger partial charge >= 0.3 is 0 Å². The van der Waals surface area contributed by atoms with Crippen LogP contribution in [0.1, 0.15) is 18.9 Å². The van der Waals surface area contributed by atoms with Crippen LogP contribution in [0.25, 0.3) is 0 Å². The molecule has 0 spiro atoms. The van der Waals surface area contributed by atoms with Gasteiger partial charge in [0.15, 0.2) is 11.9 Å². The van der Waals surface area contributed by atoms with Gasteiger partial charge in [-0.2, -0.15) is 0 Å². The van der Waals surface area contributed by atoms with E-state index in [4.69, 9.17) is 9.47 Å². The molecule has 92 valence electrons. The predicted octanol–water partition coefficient (Wildman–Crippen LogP) is 2.26. The third-order valence-corrected chi connectivity index (χ3v) is 2.82. The minimum atomic E-state index is -0.468. The predicted molar refractivity (Wildman–Crippen MR) is 60.6 cm³/mol. The van der Waals surface area contributed by atoms with Crippen molar-refractivity contribution in [3.63, 3.8) is 0 Å². The molecule has 2 unspecified atom stereocenters. The van der Waals surface area contributed by atoms with Gasteiger partial charge in [0.05, 0.1) is 0 Å². The van der Waals surface area contributed by atoms with Crippen LogP contribution in [0.2, 0.25) is 0 Å². The largest absolute Gasteiger partial charge is 0.486 e. The molecule has 2 atom stereocenters. The average Bonchev–Trinajstić information content (AvgIpc) is 2.28. The van der Waals surface area contributed by atoms with Gasteiger partial charge in [0.25, 0.3) is 0 Å². The number of Topliss-reactive ketones (excluding diaryl/α,β-unsaturated/α-hetero) is 1. The lowest BCUT2D eigenvalue weighted by atomic mass is 9.90. The van der Waals surface area contributed by atoms with Gasteiger partial charge in [0.2, 0.25) is 0 Å². The van der Waals surface area contributed by atoms with Crippen molar-refractivity contribution in [3.05, 3.63) is 29.6 Å². The molecule has 0 saturated heterocycles. The summed E-state index contributed by atoms with van der Waals surface area (Å²) in [5.74, 6) is 0.381. The molecular formula is C13H15FO3. The molecule has 0 N–H and O–H groups in total. The Morgan fingerprint density at radius 3 is 2.82 bits per heavy atom. The highest BCUT2D eigenvalue weighted by Crippen LogP contribution is 2.28. The SMILES string of the molecule is CCOC1C(=O)CC1Oc1ccc(F)cc1C. The summed E-state index contributed by atoms with van der Waals surface area (Å²) in [6.07, 6.45) is -0.349. The van der Waals surface area contributed by atoms with Crippen LogP contribution in [0.15, 0.2) is 18.2 Å². The quantitative estimate of drug-likeness (QED) is 0.807. The summed E-state index contributed by atoms with van der Waals surface area (Å²) in [6, 6.07) is 4.33. The molecule has 0 amide bonds. The number of benzene rings is 1. The molecule has 0 heterocycles. The summed E-state index contributed by atoms with van der Waals surface area (Å²) in [5.41, 5.74) is 0.722. The van der Waals surface area contributed by atoms with Gasteiger partial charge in [0.1, 0.15) is 17.7 Å². The second kappa shape index (κ2) is 4.84. The van der Waals surface area contributed by atoms with Crippen molar-refractivity contribution in [2.24, 2.45) is 0 Å². The van der Waals surface area contributed by atoms with Gasteiger partial charge in [-0.25, -0.2) is 4.39 Å². The highest BCUT2D eigenvalue weighted by molar-refractivity contribution is 5.90. The Balaban J connectivity index is 2.04. The average molecular weight is 238 g/mol. The van der Waals surface area contributed by atoms with Crippen molar-refractivity contribution in [2.45, 2.75) is 32.5 Å². The molecule has 0 bridgehead atoms. The first kappa shape index (κ1) is 12.0. The molecule has 1 aliphatic rings. The summed E-state index contributed by atoms with van der Waals surface area (Å²) < 4.78 is 23.9. The summed E-state index contributed by atoms with van der Waals surface area (Å²) in [6.45, 7) is 4.10. The molecule has 4 heteroatoms. The van der Waals surface area contributed by atoms with E-state index in [1.165, 1.54) is 12.1 Å². The molecule has 17 heavy (non-hydrogen) atoms. The lowest BCUT2D eigenvalue weighted by molar-refractivity contribution is -0.154. The van der Waals surface area contributed by atoms with E-state index >= 15 is 0 Å². The van der Waals surface area contributed by atoms with Crippen molar-refractivity contribution in [3.8, 4) is 5.75 Å². The topological polar surface area (TPSA) is 35.5 Å². The summed E-state index contributed by atoms with van der Waals surface area (Å²) in [4.78, 5) is 11.3. The zero-order valence-corrected chi connectivity index (χ0v) is 9.90. The first-order valence-corrected chi connectivity index (χ1v) is 5.69. The number of halogens is 1. The van der Waals surface area contributed by atoms with E-state index in [9.17, 15) is 9.18 Å². The number of ketones is 1. The molecular weight excluding hydrogens is 223 g/mol. The maximum absolute atomic E-state index is 12.9. The minimum absolute atomic E-state index is 0.0663. The monoisotopic (exact) mass is 238 g/mol. The lowest BCUT2D eigenvalue weighted by Gasteiger charge is -2.34. The van der Waals surface area contributed by atoms with Gasteiger partial charge in [0, 0.05) is 13.0 Å². The van der Waals surface area contributed by atoms with Crippen LogP contribution in [0.3, 0.4) is 0 Å². The second-order valence-corrected chi connectivity index (χ2v) is 4.11. The number of rotatable bonds is 4. The smallest absolute Gasteiger partial charge is 0.169 e. The van der Waals surface area contributed by atoms with Crippen molar-refractivity contribution in [2.75, 3.05) is 6.61 Å². The van der Waals surface area contributed by atoms with E-state index in [-0.39, 0.29) is 17.7 Å². The second-order valence-electron chi connectivity index (χ2n) is 4.11. The minimum Gasteiger partial charge on any atom is -0.486 e. The Morgan fingerprint density at radius 2 is 2.24 bits per heavy atom. The fraction of sp³-hybridized carbons (Fsp3) is 0.462. The molecule has 0 aromatic heterocycles. The van der Waals surface area contributed by atoms with Gasteiger partial charge in [-0.3, -0.25) is 4.79 Å². The third kappa shape index (κ3) is 2.47. The van der Waals surface area contributed by atoms with Crippen LogP contribution < -0.4 is 4.74 Å². The lowest BCUT2D eigenvalue weighted by Crippen LogP contribution is -2.52. The molecule has 3 nitrogen and oxygen atoms in total. The van der Waals surface area contributed by atoms with Gasteiger partial charge in [-0.05, 0) is 37.6 Å². The number of hydrogen-bond donors (Lipinski definition) is 0. The van der Waals surface area contributed by atoms with Crippen LogP contribution in [0.5, 0.6) is 5.75 Å². The first-order chi connectivity index (χ1) is 8.11.